The molecule has 1 saturated carbocycles. The summed E-state index contributed by atoms with van der Waals surface area (Å²) in [5.41, 5.74) is 3.67. The molecule has 1 nitrogen and oxygen atoms in total. The highest BCUT2D eigenvalue weighted by molar-refractivity contribution is 5.42. The first-order chi connectivity index (χ1) is 8.43. The molecule has 0 aliphatic heterocycles. The zero-order valence-corrected chi connectivity index (χ0v) is 11.8. The normalized spacial score (nSPS) is 33.6. The lowest BCUT2D eigenvalue weighted by molar-refractivity contribution is 0.0407. The number of rotatable bonds is 0. The van der Waals surface area contributed by atoms with Crippen molar-refractivity contribution < 1.29 is 5.11 Å². The van der Waals surface area contributed by atoms with Gasteiger partial charge in [-0.05, 0) is 65.7 Å². The van der Waals surface area contributed by atoms with Crippen molar-refractivity contribution >= 4 is 0 Å². The Morgan fingerprint density at radius 3 is 2.72 bits per heavy atom. The van der Waals surface area contributed by atoms with Gasteiger partial charge in [0.05, 0.1) is 0 Å². The zero-order chi connectivity index (χ0) is 13.0. The molecule has 1 fully saturated rings. The minimum atomic E-state index is 0.322. The first-order valence-electron chi connectivity index (χ1n) is 7.26. The molecule has 3 rings (SSSR count). The molecule has 0 amide bonds. The molecular formula is C17H24O. The summed E-state index contributed by atoms with van der Waals surface area (Å²) < 4.78 is 0. The summed E-state index contributed by atoms with van der Waals surface area (Å²) in [6, 6.07) is 6.03. The van der Waals surface area contributed by atoms with Crippen molar-refractivity contribution in [2.75, 3.05) is 0 Å². The monoisotopic (exact) mass is 244 g/mol. The Morgan fingerprint density at radius 2 is 1.94 bits per heavy atom. The van der Waals surface area contributed by atoms with Gasteiger partial charge in [-0.3, -0.25) is 0 Å². The molecule has 2 aliphatic rings. The minimum Gasteiger partial charge on any atom is -0.508 e. The van der Waals surface area contributed by atoms with E-state index in [2.05, 4.69) is 26.8 Å². The van der Waals surface area contributed by atoms with Gasteiger partial charge in [0.1, 0.15) is 5.75 Å². The van der Waals surface area contributed by atoms with Crippen LogP contribution in [-0.2, 0) is 11.8 Å². The number of benzene rings is 1. The maximum atomic E-state index is 9.67. The summed E-state index contributed by atoms with van der Waals surface area (Å²) in [5, 5.41) is 9.67. The van der Waals surface area contributed by atoms with E-state index >= 15 is 0 Å². The Balaban J connectivity index is 2.11. The number of hydrogen-bond acceptors (Lipinski definition) is 1. The quantitative estimate of drug-likeness (QED) is 0.716. The standard InChI is InChI=1S/C17H24O/c1-16(2)9-4-10-17(3)14-7-6-13(18)11-12(14)5-8-15(16)17/h6-7,11,15,18H,4-5,8-10H2,1-3H3/t15-,17+/m0/s1. The van der Waals surface area contributed by atoms with Crippen LogP contribution < -0.4 is 0 Å². The first kappa shape index (κ1) is 12.1. The number of hydrogen-bond donors (Lipinski definition) is 1. The third-order valence-corrected chi connectivity index (χ3v) is 5.64. The molecule has 0 spiro atoms. The van der Waals surface area contributed by atoms with Crippen LogP contribution in [-0.4, -0.2) is 5.11 Å². The summed E-state index contributed by atoms with van der Waals surface area (Å²) in [6.07, 6.45) is 6.41. The Labute approximate surface area is 110 Å². The highest BCUT2D eigenvalue weighted by Gasteiger charge is 2.49. The summed E-state index contributed by atoms with van der Waals surface area (Å²) in [6.45, 7) is 7.34. The minimum absolute atomic E-state index is 0.322. The van der Waals surface area contributed by atoms with Gasteiger partial charge in [0.15, 0.2) is 0 Å². The average Bonchev–Trinajstić information content (AvgIpc) is 2.27. The van der Waals surface area contributed by atoms with Crippen molar-refractivity contribution in [3.05, 3.63) is 29.3 Å². The molecule has 1 aromatic rings. The second kappa shape index (κ2) is 3.76. The van der Waals surface area contributed by atoms with Gasteiger partial charge >= 0.3 is 0 Å². The molecule has 0 bridgehead atoms. The van der Waals surface area contributed by atoms with E-state index in [4.69, 9.17) is 0 Å². The molecule has 2 aliphatic carbocycles. The maximum absolute atomic E-state index is 9.67. The van der Waals surface area contributed by atoms with Crippen LogP contribution in [0.25, 0.3) is 0 Å². The fourth-order valence-corrected chi connectivity index (χ4v) is 4.80. The van der Waals surface area contributed by atoms with E-state index < -0.39 is 0 Å². The second-order valence-corrected chi connectivity index (χ2v) is 7.19. The van der Waals surface area contributed by atoms with Gasteiger partial charge in [-0.1, -0.05) is 33.3 Å². The van der Waals surface area contributed by atoms with Crippen molar-refractivity contribution in [1.82, 2.24) is 0 Å². The van der Waals surface area contributed by atoms with E-state index in [0.717, 1.165) is 12.3 Å². The maximum Gasteiger partial charge on any atom is 0.115 e. The molecule has 1 N–H and O–H groups in total. The molecule has 18 heavy (non-hydrogen) atoms. The van der Waals surface area contributed by atoms with Crippen molar-refractivity contribution in [2.45, 2.75) is 58.3 Å². The van der Waals surface area contributed by atoms with Crippen molar-refractivity contribution in [3.63, 3.8) is 0 Å². The van der Waals surface area contributed by atoms with Crippen LogP contribution >= 0.6 is 0 Å². The molecule has 0 heterocycles. The van der Waals surface area contributed by atoms with Crippen molar-refractivity contribution in [1.29, 1.82) is 0 Å². The highest BCUT2D eigenvalue weighted by Crippen LogP contribution is 2.57. The van der Waals surface area contributed by atoms with Gasteiger partial charge in [0.2, 0.25) is 0 Å². The number of phenolic OH excluding ortho intramolecular Hbond substituents is 1. The summed E-state index contributed by atoms with van der Waals surface area (Å²) in [4.78, 5) is 0. The van der Waals surface area contributed by atoms with Crippen molar-refractivity contribution in [3.8, 4) is 5.75 Å². The third kappa shape index (κ3) is 1.60. The number of aryl methyl sites for hydroxylation is 1. The average molecular weight is 244 g/mol. The molecule has 0 unspecified atom stereocenters. The fraction of sp³-hybridized carbons (Fsp3) is 0.647. The fourth-order valence-electron chi connectivity index (χ4n) is 4.80. The van der Waals surface area contributed by atoms with E-state index in [-0.39, 0.29) is 0 Å². The van der Waals surface area contributed by atoms with Gasteiger partial charge in [-0.2, -0.15) is 0 Å². The molecule has 1 heteroatoms. The predicted octanol–water partition coefficient (Wildman–Crippen LogP) is 4.42. The molecular weight excluding hydrogens is 220 g/mol. The molecule has 0 saturated heterocycles. The zero-order valence-electron chi connectivity index (χ0n) is 11.8. The van der Waals surface area contributed by atoms with Crippen LogP contribution in [0.15, 0.2) is 18.2 Å². The van der Waals surface area contributed by atoms with Gasteiger partial charge in [0.25, 0.3) is 0 Å². The van der Waals surface area contributed by atoms with Crippen molar-refractivity contribution in [2.24, 2.45) is 11.3 Å². The summed E-state index contributed by atoms with van der Waals surface area (Å²) >= 11 is 0. The van der Waals surface area contributed by atoms with Crippen LogP contribution in [0.2, 0.25) is 0 Å². The van der Waals surface area contributed by atoms with E-state index in [1.807, 2.05) is 12.1 Å². The molecule has 2 atom stereocenters. The largest absolute Gasteiger partial charge is 0.508 e. The lowest BCUT2D eigenvalue weighted by atomic mass is 9.50. The number of fused-ring (bicyclic) bond motifs is 3. The van der Waals surface area contributed by atoms with Crippen LogP contribution in [0.1, 0.15) is 57.6 Å². The Hall–Kier alpha value is -0.980. The van der Waals surface area contributed by atoms with Gasteiger partial charge < -0.3 is 5.11 Å². The predicted molar refractivity (Wildman–Crippen MR) is 74.9 cm³/mol. The highest BCUT2D eigenvalue weighted by atomic mass is 16.3. The van der Waals surface area contributed by atoms with Gasteiger partial charge in [-0.15, -0.1) is 0 Å². The summed E-state index contributed by atoms with van der Waals surface area (Å²) in [5.74, 6) is 1.21. The van der Waals surface area contributed by atoms with E-state index in [1.54, 1.807) is 0 Å². The van der Waals surface area contributed by atoms with E-state index in [1.165, 1.54) is 36.8 Å². The van der Waals surface area contributed by atoms with E-state index in [0.29, 0.717) is 16.6 Å². The third-order valence-electron chi connectivity index (χ3n) is 5.64. The smallest absolute Gasteiger partial charge is 0.115 e. The summed E-state index contributed by atoms with van der Waals surface area (Å²) in [7, 11) is 0. The SMILES string of the molecule is CC1(C)CCC[C@]2(C)c3ccc(O)cc3CC[C@@H]12. The Kier molecular flexibility index (Phi) is 2.52. The van der Waals surface area contributed by atoms with Crippen LogP contribution in [0.5, 0.6) is 5.75 Å². The Morgan fingerprint density at radius 1 is 1.17 bits per heavy atom. The van der Waals surface area contributed by atoms with Crippen LogP contribution in [0.3, 0.4) is 0 Å². The van der Waals surface area contributed by atoms with E-state index in [9.17, 15) is 5.11 Å². The van der Waals surface area contributed by atoms with Gasteiger partial charge in [0, 0.05) is 0 Å². The Bertz CT molecular complexity index is 474. The first-order valence-corrected chi connectivity index (χ1v) is 7.26. The number of phenols is 1. The van der Waals surface area contributed by atoms with Gasteiger partial charge in [-0.25, -0.2) is 0 Å². The molecule has 98 valence electrons. The topological polar surface area (TPSA) is 20.2 Å². The lowest BCUT2D eigenvalue weighted by Crippen LogP contribution is -2.47. The number of aromatic hydroxyl groups is 1. The molecule has 1 aromatic carbocycles. The molecule has 0 radical (unpaired) electrons. The second-order valence-electron chi connectivity index (χ2n) is 7.19. The molecule has 0 aromatic heterocycles. The van der Waals surface area contributed by atoms with Crippen LogP contribution in [0, 0.1) is 11.3 Å². The lowest BCUT2D eigenvalue weighted by Gasteiger charge is -2.54. The van der Waals surface area contributed by atoms with Crippen LogP contribution in [0.4, 0.5) is 0 Å².